The van der Waals surface area contributed by atoms with Crippen LogP contribution < -0.4 is 0 Å². The Balaban J connectivity index is 1.61. The Morgan fingerprint density at radius 3 is 2.48 bits per heavy atom. The molecule has 2 saturated carbocycles. The molecule has 184 valence electrons. The minimum atomic E-state index is -0.803. The van der Waals surface area contributed by atoms with Gasteiger partial charge in [-0.25, -0.2) is 4.79 Å². The van der Waals surface area contributed by atoms with Gasteiger partial charge in [0.2, 0.25) is 0 Å². The number of allylic oxidation sites excluding steroid dienone is 5. The number of fused-ring (bicyclic) bond motifs is 5. The molecule has 2 N–H and O–H groups in total. The molecule has 0 amide bonds. The Hall–Kier alpha value is -1.35. The summed E-state index contributed by atoms with van der Waals surface area (Å²) in [4.78, 5) is 11.1. The van der Waals surface area contributed by atoms with Crippen molar-refractivity contribution < 1.29 is 15.0 Å². The molecule has 2 fully saturated rings. The number of rotatable bonds is 5. The average molecular weight is 455 g/mol. The molecule has 4 aliphatic rings. The average Bonchev–Trinajstić information content (AvgIpc) is 3.02. The van der Waals surface area contributed by atoms with Crippen LogP contribution in [0.3, 0.4) is 0 Å². The molecule has 0 aromatic carbocycles. The summed E-state index contributed by atoms with van der Waals surface area (Å²) in [5, 5.41) is 19.9. The van der Waals surface area contributed by atoms with E-state index in [1.807, 2.05) is 6.08 Å². The minimum absolute atomic E-state index is 0.0498. The summed E-state index contributed by atoms with van der Waals surface area (Å²) in [6.45, 7) is 16.2. The molecule has 4 rings (SSSR count). The lowest BCUT2D eigenvalue weighted by molar-refractivity contribution is -0.132. The summed E-state index contributed by atoms with van der Waals surface area (Å²) < 4.78 is 0. The van der Waals surface area contributed by atoms with Gasteiger partial charge in [0.25, 0.3) is 0 Å². The molecule has 33 heavy (non-hydrogen) atoms. The largest absolute Gasteiger partial charge is 0.478 e. The Morgan fingerprint density at radius 1 is 1.12 bits per heavy atom. The van der Waals surface area contributed by atoms with E-state index in [0.717, 1.165) is 38.5 Å². The van der Waals surface area contributed by atoms with E-state index in [4.69, 9.17) is 5.11 Å². The maximum Gasteiger partial charge on any atom is 0.330 e. The highest BCUT2D eigenvalue weighted by atomic mass is 16.4. The number of hydrogen-bond acceptors (Lipinski definition) is 2. The summed E-state index contributed by atoms with van der Waals surface area (Å²) in [7, 11) is 0. The van der Waals surface area contributed by atoms with E-state index in [1.54, 1.807) is 18.1 Å². The number of carboxylic acid groups (broad SMARTS) is 1. The van der Waals surface area contributed by atoms with Crippen molar-refractivity contribution in [2.75, 3.05) is 0 Å². The fourth-order valence-corrected chi connectivity index (χ4v) is 8.80. The highest BCUT2D eigenvalue weighted by molar-refractivity contribution is 5.85. The van der Waals surface area contributed by atoms with Gasteiger partial charge in [0, 0.05) is 5.57 Å². The smallest absolute Gasteiger partial charge is 0.330 e. The maximum absolute atomic E-state index is 11.1. The zero-order chi connectivity index (χ0) is 24.4. The SMILES string of the molecule is C/C(=C\CC[C@@H](C)[C@H]1CC[C@@]2(C)C3=CC[C@@H]4C(C)(C)[C@@H](O)CC[C@]4(C)C3=CC[C@]12C)C(=O)O. The van der Waals surface area contributed by atoms with E-state index in [9.17, 15) is 9.90 Å². The molecule has 3 nitrogen and oxygen atoms in total. The number of aliphatic hydroxyl groups is 1. The monoisotopic (exact) mass is 454 g/mol. The second-order valence-electron chi connectivity index (χ2n) is 13.2. The molecule has 0 radical (unpaired) electrons. The van der Waals surface area contributed by atoms with Crippen LogP contribution in [0.4, 0.5) is 0 Å². The van der Waals surface area contributed by atoms with Gasteiger partial charge >= 0.3 is 5.97 Å². The number of carboxylic acids is 1. The predicted molar refractivity (Wildman–Crippen MR) is 135 cm³/mol. The van der Waals surface area contributed by atoms with Crippen LogP contribution in [0.15, 0.2) is 34.9 Å². The first-order chi connectivity index (χ1) is 15.3. The van der Waals surface area contributed by atoms with Crippen LogP contribution in [0.1, 0.15) is 99.8 Å². The molecule has 0 aliphatic heterocycles. The Morgan fingerprint density at radius 2 is 1.82 bits per heavy atom. The van der Waals surface area contributed by atoms with Crippen LogP contribution in [-0.2, 0) is 4.79 Å². The number of hydrogen-bond donors (Lipinski definition) is 2. The van der Waals surface area contributed by atoms with Gasteiger partial charge < -0.3 is 10.2 Å². The van der Waals surface area contributed by atoms with Crippen molar-refractivity contribution in [1.82, 2.24) is 0 Å². The lowest BCUT2D eigenvalue weighted by Crippen LogP contribution is -2.54. The summed E-state index contributed by atoms with van der Waals surface area (Å²) in [6.07, 6.45) is 15.5. The molecule has 0 aromatic rings. The van der Waals surface area contributed by atoms with E-state index in [1.165, 1.54) is 12.8 Å². The zero-order valence-electron chi connectivity index (χ0n) is 22.0. The van der Waals surface area contributed by atoms with E-state index in [-0.39, 0.29) is 27.8 Å². The van der Waals surface area contributed by atoms with E-state index in [0.29, 0.717) is 23.3 Å². The van der Waals surface area contributed by atoms with Crippen LogP contribution in [0, 0.1) is 39.4 Å². The first kappa shape index (κ1) is 24.8. The van der Waals surface area contributed by atoms with Crippen LogP contribution >= 0.6 is 0 Å². The van der Waals surface area contributed by atoms with Crippen molar-refractivity contribution in [1.29, 1.82) is 0 Å². The number of aliphatic hydroxyl groups excluding tert-OH is 1. The molecular formula is C30H46O3. The number of carbonyl (C=O) groups is 1. The second kappa shape index (κ2) is 8.11. The topological polar surface area (TPSA) is 57.5 Å². The number of aliphatic carboxylic acids is 1. The van der Waals surface area contributed by atoms with Gasteiger partial charge in [-0.2, -0.15) is 0 Å². The van der Waals surface area contributed by atoms with Crippen molar-refractivity contribution in [2.45, 2.75) is 106 Å². The van der Waals surface area contributed by atoms with Gasteiger partial charge in [-0.15, -0.1) is 0 Å². The summed E-state index contributed by atoms with van der Waals surface area (Å²) in [5.74, 6) is 0.940. The van der Waals surface area contributed by atoms with Gasteiger partial charge in [-0.05, 0) is 109 Å². The molecule has 0 unspecified atom stereocenters. The van der Waals surface area contributed by atoms with E-state index >= 15 is 0 Å². The first-order valence-corrected chi connectivity index (χ1v) is 13.3. The summed E-state index contributed by atoms with van der Waals surface area (Å²) in [6, 6.07) is 0. The van der Waals surface area contributed by atoms with Crippen LogP contribution in [0.25, 0.3) is 0 Å². The maximum atomic E-state index is 11.1. The summed E-state index contributed by atoms with van der Waals surface area (Å²) in [5.41, 5.74) is 4.26. The quantitative estimate of drug-likeness (QED) is 0.428. The molecule has 0 bridgehead atoms. The highest BCUT2D eigenvalue weighted by Crippen LogP contribution is 2.71. The third-order valence-electron chi connectivity index (χ3n) is 11.4. The Kier molecular flexibility index (Phi) is 6.08. The standard InChI is InChI=1S/C30H46O3/c1-19(9-8-10-20(2)26(32)33)21-13-17-30(7)23-11-12-24-27(3,4)25(31)15-16-28(24,5)22(23)14-18-29(21,30)6/h10-11,14,19,21,24-25,31H,8-9,12-13,15-18H2,1-7H3,(H,32,33)/b20-10+/t19-,21-,24-,25+,28-,29-,30+/m1/s1. The molecule has 4 aliphatic carbocycles. The van der Waals surface area contributed by atoms with Crippen molar-refractivity contribution in [3.63, 3.8) is 0 Å². The Bertz CT molecular complexity index is 908. The third kappa shape index (κ3) is 3.51. The predicted octanol–water partition coefficient (Wildman–Crippen LogP) is 7.32. The van der Waals surface area contributed by atoms with Crippen LogP contribution in [0.5, 0.6) is 0 Å². The van der Waals surface area contributed by atoms with Gasteiger partial charge in [0.05, 0.1) is 6.10 Å². The molecule has 0 saturated heterocycles. The third-order valence-corrected chi connectivity index (χ3v) is 11.4. The van der Waals surface area contributed by atoms with Crippen LogP contribution in [-0.4, -0.2) is 22.3 Å². The fraction of sp³-hybridized carbons (Fsp3) is 0.767. The zero-order valence-corrected chi connectivity index (χ0v) is 22.0. The normalized spacial score (nSPS) is 43.0. The highest BCUT2D eigenvalue weighted by Gasteiger charge is 2.62. The van der Waals surface area contributed by atoms with Crippen molar-refractivity contribution in [2.24, 2.45) is 39.4 Å². The summed E-state index contributed by atoms with van der Waals surface area (Å²) >= 11 is 0. The van der Waals surface area contributed by atoms with Crippen molar-refractivity contribution in [3.8, 4) is 0 Å². The molecule has 0 heterocycles. The minimum Gasteiger partial charge on any atom is -0.478 e. The van der Waals surface area contributed by atoms with Crippen LogP contribution in [0.2, 0.25) is 0 Å². The second-order valence-corrected chi connectivity index (χ2v) is 13.2. The van der Waals surface area contributed by atoms with Crippen molar-refractivity contribution in [3.05, 3.63) is 34.9 Å². The Labute approximate surface area is 201 Å². The van der Waals surface area contributed by atoms with Gasteiger partial charge in [0.15, 0.2) is 0 Å². The van der Waals surface area contributed by atoms with E-state index < -0.39 is 5.97 Å². The van der Waals surface area contributed by atoms with Gasteiger partial charge in [0.1, 0.15) is 0 Å². The van der Waals surface area contributed by atoms with Crippen molar-refractivity contribution >= 4 is 5.97 Å². The molecule has 7 atom stereocenters. The molecule has 0 aromatic heterocycles. The van der Waals surface area contributed by atoms with Gasteiger partial charge in [-0.1, -0.05) is 59.8 Å². The molecular weight excluding hydrogens is 408 g/mol. The molecule has 0 spiro atoms. The lowest BCUT2D eigenvalue weighted by atomic mass is 9.44. The molecule has 3 heteroatoms. The van der Waals surface area contributed by atoms with Gasteiger partial charge in [-0.3, -0.25) is 0 Å². The first-order valence-electron chi connectivity index (χ1n) is 13.3. The lowest BCUT2D eigenvalue weighted by Gasteiger charge is -2.61. The fourth-order valence-electron chi connectivity index (χ4n) is 8.80. The van der Waals surface area contributed by atoms with E-state index in [2.05, 4.69) is 53.7 Å².